The molecule has 2 aromatic carbocycles. The Labute approximate surface area is 165 Å². The number of benzene rings is 2. The van der Waals surface area contributed by atoms with Crippen LogP contribution in [0.4, 0.5) is 5.69 Å². The zero-order chi connectivity index (χ0) is 18.5. The molecule has 0 spiro atoms. The molecule has 1 N–H and O–H groups in total. The van der Waals surface area contributed by atoms with E-state index >= 15 is 0 Å². The van der Waals surface area contributed by atoms with E-state index in [-0.39, 0.29) is 11.7 Å². The Hall–Kier alpha value is -2.12. The maximum absolute atomic E-state index is 12.2. The standard InChI is InChI=1S/C19H19BrN4OS/c1-3-24-18(14-7-4-6-13(2)10-14)22-23-19(24)26-12-17(25)21-16-9-5-8-15(20)11-16/h4-11H,3,12H2,1-2H3,(H,21,25). The van der Waals surface area contributed by atoms with Crippen LogP contribution in [0.3, 0.4) is 0 Å². The quantitative estimate of drug-likeness (QED) is 0.572. The molecule has 0 bridgehead atoms. The van der Waals surface area contributed by atoms with Gasteiger partial charge >= 0.3 is 0 Å². The van der Waals surface area contributed by atoms with Gasteiger partial charge in [0, 0.05) is 22.3 Å². The highest BCUT2D eigenvalue weighted by Gasteiger charge is 2.14. The largest absolute Gasteiger partial charge is 0.325 e. The van der Waals surface area contributed by atoms with E-state index in [1.54, 1.807) is 0 Å². The van der Waals surface area contributed by atoms with Gasteiger partial charge in [-0.2, -0.15) is 0 Å². The van der Waals surface area contributed by atoms with Crippen LogP contribution in [0.25, 0.3) is 11.4 Å². The van der Waals surface area contributed by atoms with Crippen LogP contribution < -0.4 is 5.32 Å². The molecule has 0 unspecified atom stereocenters. The van der Waals surface area contributed by atoms with Gasteiger partial charge in [0.15, 0.2) is 11.0 Å². The lowest BCUT2D eigenvalue weighted by atomic mass is 10.1. The van der Waals surface area contributed by atoms with Crippen molar-refractivity contribution in [1.82, 2.24) is 14.8 Å². The van der Waals surface area contributed by atoms with E-state index in [1.165, 1.54) is 17.3 Å². The van der Waals surface area contributed by atoms with E-state index in [0.29, 0.717) is 0 Å². The first-order chi connectivity index (χ1) is 12.6. The maximum Gasteiger partial charge on any atom is 0.234 e. The molecule has 1 aromatic heterocycles. The minimum Gasteiger partial charge on any atom is -0.325 e. The molecule has 0 radical (unpaired) electrons. The van der Waals surface area contributed by atoms with Crippen LogP contribution in [0.1, 0.15) is 12.5 Å². The van der Waals surface area contributed by atoms with Crippen molar-refractivity contribution >= 4 is 39.3 Å². The summed E-state index contributed by atoms with van der Waals surface area (Å²) in [5.41, 5.74) is 2.97. The molecule has 0 fully saturated rings. The fourth-order valence-corrected chi connectivity index (χ4v) is 3.77. The SMILES string of the molecule is CCn1c(SCC(=O)Nc2cccc(Br)c2)nnc1-c1cccc(C)c1. The molecule has 0 atom stereocenters. The Kier molecular flexibility index (Phi) is 6.11. The number of thioether (sulfide) groups is 1. The van der Waals surface area contributed by atoms with Crippen LogP contribution >= 0.6 is 27.7 Å². The van der Waals surface area contributed by atoms with Gasteiger partial charge in [-0.05, 0) is 38.1 Å². The summed E-state index contributed by atoms with van der Waals surface area (Å²) in [5, 5.41) is 12.2. The predicted octanol–water partition coefficient (Wildman–Crippen LogP) is 4.77. The van der Waals surface area contributed by atoms with Crippen LogP contribution in [0, 0.1) is 6.92 Å². The fourth-order valence-electron chi connectivity index (χ4n) is 2.57. The van der Waals surface area contributed by atoms with Crippen molar-refractivity contribution in [3.05, 3.63) is 58.6 Å². The maximum atomic E-state index is 12.2. The average molecular weight is 431 g/mol. The van der Waals surface area contributed by atoms with Crippen molar-refractivity contribution in [2.24, 2.45) is 0 Å². The first kappa shape index (κ1) is 18.7. The molecule has 134 valence electrons. The van der Waals surface area contributed by atoms with Crippen LogP contribution in [-0.4, -0.2) is 26.4 Å². The van der Waals surface area contributed by atoms with Crippen molar-refractivity contribution in [1.29, 1.82) is 0 Å². The van der Waals surface area contributed by atoms with Crippen molar-refractivity contribution in [2.75, 3.05) is 11.1 Å². The molecule has 0 aliphatic heterocycles. The van der Waals surface area contributed by atoms with Crippen LogP contribution in [0.5, 0.6) is 0 Å². The van der Waals surface area contributed by atoms with Crippen LogP contribution in [-0.2, 0) is 11.3 Å². The van der Waals surface area contributed by atoms with Gasteiger partial charge in [0.2, 0.25) is 5.91 Å². The number of halogens is 1. The molecular formula is C19H19BrN4OS. The molecule has 7 heteroatoms. The number of carbonyl (C=O) groups excluding carboxylic acids is 1. The number of carbonyl (C=O) groups is 1. The summed E-state index contributed by atoms with van der Waals surface area (Å²) in [5.74, 6) is 1.03. The molecule has 5 nitrogen and oxygen atoms in total. The van der Waals surface area contributed by atoms with Crippen molar-refractivity contribution < 1.29 is 4.79 Å². The van der Waals surface area contributed by atoms with Gasteiger partial charge in [-0.3, -0.25) is 4.79 Å². The summed E-state index contributed by atoms with van der Waals surface area (Å²) in [6.45, 7) is 4.85. The van der Waals surface area contributed by atoms with Crippen molar-refractivity contribution in [3.8, 4) is 11.4 Å². The van der Waals surface area contributed by atoms with Crippen molar-refractivity contribution in [2.45, 2.75) is 25.5 Å². The zero-order valence-corrected chi connectivity index (χ0v) is 17.0. The molecule has 1 heterocycles. The number of rotatable bonds is 6. The topological polar surface area (TPSA) is 59.8 Å². The normalized spacial score (nSPS) is 10.7. The highest BCUT2D eigenvalue weighted by Crippen LogP contribution is 2.25. The second-order valence-electron chi connectivity index (χ2n) is 5.77. The zero-order valence-electron chi connectivity index (χ0n) is 14.6. The molecule has 0 aliphatic carbocycles. The number of nitrogens with one attached hydrogen (secondary N) is 1. The summed E-state index contributed by atoms with van der Waals surface area (Å²) < 4.78 is 2.96. The van der Waals surface area contributed by atoms with E-state index in [0.717, 1.165) is 33.2 Å². The Morgan fingerprint density at radius 3 is 2.73 bits per heavy atom. The van der Waals surface area contributed by atoms with E-state index in [1.807, 2.05) is 47.9 Å². The van der Waals surface area contributed by atoms with Gasteiger partial charge < -0.3 is 9.88 Å². The van der Waals surface area contributed by atoms with E-state index in [4.69, 9.17) is 0 Å². The third kappa shape index (κ3) is 4.53. The van der Waals surface area contributed by atoms with E-state index in [2.05, 4.69) is 50.5 Å². The minimum atomic E-state index is -0.0733. The third-order valence-electron chi connectivity index (χ3n) is 3.75. The summed E-state index contributed by atoms with van der Waals surface area (Å²) >= 11 is 4.79. The number of amides is 1. The van der Waals surface area contributed by atoms with E-state index < -0.39 is 0 Å². The van der Waals surface area contributed by atoms with Gasteiger partial charge in [0.25, 0.3) is 0 Å². The van der Waals surface area contributed by atoms with Gasteiger partial charge in [0.05, 0.1) is 5.75 Å². The second-order valence-corrected chi connectivity index (χ2v) is 7.63. The van der Waals surface area contributed by atoms with Crippen molar-refractivity contribution in [3.63, 3.8) is 0 Å². The highest BCUT2D eigenvalue weighted by molar-refractivity contribution is 9.10. The van der Waals surface area contributed by atoms with Gasteiger partial charge in [0.1, 0.15) is 0 Å². The molecular weight excluding hydrogens is 412 g/mol. The highest BCUT2D eigenvalue weighted by atomic mass is 79.9. The van der Waals surface area contributed by atoms with Gasteiger partial charge in [-0.25, -0.2) is 0 Å². The monoisotopic (exact) mass is 430 g/mol. The summed E-state index contributed by atoms with van der Waals surface area (Å²) in [7, 11) is 0. The Morgan fingerprint density at radius 1 is 1.19 bits per heavy atom. The average Bonchev–Trinajstić information content (AvgIpc) is 3.03. The molecule has 1 amide bonds. The van der Waals surface area contributed by atoms with Crippen LogP contribution in [0.15, 0.2) is 58.2 Å². The Morgan fingerprint density at radius 2 is 2.00 bits per heavy atom. The number of hydrogen-bond donors (Lipinski definition) is 1. The smallest absolute Gasteiger partial charge is 0.234 e. The predicted molar refractivity (Wildman–Crippen MR) is 109 cm³/mol. The first-order valence-electron chi connectivity index (χ1n) is 8.25. The number of aromatic nitrogens is 3. The lowest BCUT2D eigenvalue weighted by Crippen LogP contribution is -2.14. The fraction of sp³-hybridized carbons (Fsp3) is 0.211. The number of aryl methyl sites for hydroxylation is 1. The summed E-state index contributed by atoms with van der Waals surface area (Å²) in [4.78, 5) is 12.2. The van der Waals surface area contributed by atoms with Gasteiger partial charge in [-0.1, -0.05) is 57.5 Å². The summed E-state index contributed by atoms with van der Waals surface area (Å²) in [6.07, 6.45) is 0. The minimum absolute atomic E-state index is 0.0733. The van der Waals surface area contributed by atoms with E-state index in [9.17, 15) is 4.79 Å². The van der Waals surface area contributed by atoms with Gasteiger partial charge in [-0.15, -0.1) is 10.2 Å². The molecule has 26 heavy (non-hydrogen) atoms. The number of hydrogen-bond acceptors (Lipinski definition) is 4. The molecule has 3 aromatic rings. The lowest BCUT2D eigenvalue weighted by Gasteiger charge is -2.08. The molecule has 0 aliphatic rings. The number of nitrogens with zero attached hydrogens (tertiary/aromatic N) is 3. The summed E-state index contributed by atoms with van der Waals surface area (Å²) in [6, 6.07) is 15.7. The molecule has 0 saturated carbocycles. The molecule has 3 rings (SSSR count). The lowest BCUT2D eigenvalue weighted by molar-refractivity contribution is -0.113. The Balaban J connectivity index is 1.69. The second kappa shape index (κ2) is 8.51. The molecule has 0 saturated heterocycles. The first-order valence-corrected chi connectivity index (χ1v) is 10.0. The number of anilines is 1. The van der Waals surface area contributed by atoms with Crippen LogP contribution in [0.2, 0.25) is 0 Å². The Bertz CT molecular complexity index is 925. The third-order valence-corrected chi connectivity index (χ3v) is 5.21.